The Bertz CT molecular complexity index is 506. The predicted molar refractivity (Wildman–Crippen MR) is 83.4 cm³/mol. The molecule has 1 amide bonds. The molecule has 0 saturated heterocycles. The number of ether oxygens (including phenoxy) is 1. The van der Waals surface area contributed by atoms with E-state index in [-0.39, 0.29) is 11.9 Å². The SMILES string of the molecule is Cc1ccc2c(c1)C(NC(=O)CC1CCCCC1)CCO2. The monoisotopic (exact) mass is 287 g/mol. The molecule has 114 valence electrons. The van der Waals surface area contributed by atoms with Crippen molar-refractivity contribution in [2.24, 2.45) is 5.92 Å². The fraction of sp³-hybridized carbons (Fsp3) is 0.611. The molecule has 1 aliphatic carbocycles. The van der Waals surface area contributed by atoms with Crippen LogP contribution in [0.2, 0.25) is 0 Å². The first-order valence-corrected chi connectivity index (χ1v) is 8.25. The summed E-state index contributed by atoms with van der Waals surface area (Å²) in [7, 11) is 0. The lowest BCUT2D eigenvalue weighted by atomic mass is 9.86. The first-order chi connectivity index (χ1) is 10.2. The molecule has 3 nitrogen and oxygen atoms in total. The summed E-state index contributed by atoms with van der Waals surface area (Å²) in [6.07, 6.45) is 7.92. The first kappa shape index (κ1) is 14.4. The van der Waals surface area contributed by atoms with E-state index < -0.39 is 0 Å². The van der Waals surface area contributed by atoms with Crippen LogP contribution in [0, 0.1) is 12.8 Å². The third-order valence-electron chi connectivity index (χ3n) is 4.74. The van der Waals surface area contributed by atoms with Gasteiger partial charge in [-0.2, -0.15) is 0 Å². The number of carbonyl (C=O) groups excluding carboxylic acids is 1. The summed E-state index contributed by atoms with van der Waals surface area (Å²) in [6.45, 7) is 2.76. The minimum atomic E-state index is 0.116. The van der Waals surface area contributed by atoms with Gasteiger partial charge in [0.25, 0.3) is 0 Å². The van der Waals surface area contributed by atoms with E-state index in [4.69, 9.17) is 4.74 Å². The normalized spacial score (nSPS) is 22.2. The number of fused-ring (bicyclic) bond motifs is 1. The van der Waals surface area contributed by atoms with Gasteiger partial charge in [0.2, 0.25) is 5.91 Å². The summed E-state index contributed by atoms with van der Waals surface area (Å²) in [5.74, 6) is 1.73. The molecule has 21 heavy (non-hydrogen) atoms. The third kappa shape index (κ3) is 3.58. The Morgan fingerprint density at radius 3 is 2.86 bits per heavy atom. The molecule has 1 saturated carbocycles. The molecule has 3 rings (SSSR count). The van der Waals surface area contributed by atoms with E-state index in [0.29, 0.717) is 18.9 Å². The Kier molecular flexibility index (Phi) is 4.47. The number of hydrogen-bond donors (Lipinski definition) is 1. The fourth-order valence-corrected chi connectivity index (χ4v) is 3.57. The van der Waals surface area contributed by atoms with Gasteiger partial charge in [-0.1, -0.05) is 37.0 Å². The van der Waals surface area contributed by atoms with Gasteiger partial charge < -0.3 is 10.1 Å². The molecule has 0 bridgehead atoms. The summed E-state index contributed by atoms with van der Waals surface area (Å²) in [6, 6.07) is 6.33. The van der Waals surface area contributed by atoms with Crippen LogP contribution in [0.4, 0.5) is 0 Å². The number of benzene rings is 1. The molecule has 1 atom stereocenters. The van der Waals surface area contributed by atoms with E-state index in [0.717, 1.165) is 17.7 Å². The second-order valence-corrected chi connectivity index (χ2v) is 6.51. The number of amides is 1. The molecule has 1 fully saturated rings. The second kappa shape index (κ2) is 6.50. The van der Waals surface area contributed by atoms with Crippen LogP contribution in [0.3, 0.4) is 0 Å². The summed E-state index contributed by atoms with van der Waals surface area (Å²) in [5.41, 5.74) is 2.35. The zero-order chi connectivity index (χ0) is 14.7. The highest BCUT2D eigenvalue weighted by Crippen LogP contribution is 2.33. The summed E-state index contributed by atoms with van der Waals surface area (Å²) < 4.78 is 5.69. The topological polar surface area (TPSA) is 38.3 Å². The van der Waals surface area contributed by atoms with Crippen LogP contribution in [-0.4, -0.2) is 12.5 Å². The Labute approximate surface area is 127 Å². The van der Waals surface area contributed by atoms with Crippen LogP contribution in [0.25, 0.3) is 0 Å². The molecule has 1 aromatic rings. The largest absolute Gasteiger partial charge is 0.493 e. The molecule has 1 N–H and O–H groups in total. The number of carbonyl (C=O) groups is 1. The molecule has 0 aromatic heterocycles. The van der Waals surface area contributed by atoms with Crippen molar-refractivity contribution in [3.05, 3.63) is 29.3 Å². The fourth-order valence-electron chi connectivity index (χ4n) is 3.57. The van der Waals surface area contributed by atoms with E-state index in [1.165, 1.54) is 37.7 Å². The van der Waals surface area contributed by atoms with Gasteiger partial charge in [0.05, 0.1) is 12.6 Å². The molecule has 0 radical (unpaired) electrons. The van der Waals surface area contributed by atoms with Crippen molar-refractivity contribution in [2.75, 3.05) is 6.61 Å². The minimum absolute atomic E-state index is 0.116. The smallest absolute Gasteiger partial charge is 0.220 e. The van der Waals surface area contributed by atoms with Gasteiger partial charge in [-0.15, -0.1) is 0 Å². The van der Waals surface area contributed by atoms with Gasteiger partial charge in [-0.3, -0.25) is 4.79 Å². The van der Waals surface area contributed by atoms with Crippen molar-refractivity contribution in [1.29, 1.82) is 0 Å². The number of aryl methyl sites for hydroxylation is 1. The van der Waals surface area contributed by atoms with Gasteiger partial charge in [-0.25, -0.2) is 0 Å². The maximum Gasteiger partial charge on any atom is 0.220 e. The lowest BCUT2D eigenvalue weighted by Crippen LogP contribution is -2.33. The lowest BCUT2D eigenvalue weighted by Gasteiger charge is -2.28. The van der Waals surface area contributed by atoms with E-state index in [2.05, 4.69) is 24.4 Å². The number of rotatable bonds is 3. The highest BCUT2D eigenvalue weighted by atomic mass is 16.5. The lowest BCUT2D eigenvalue weighted by molar-refractivity contribution is -0.123. The third-order valence-corrected chi connectivity index (χ3v) is 4.74. The first-order valence-electron chi connectivity index (χ1n) is 8.25. The van der Waals surface area contributed by atoms with Crippen molar-refractivity contribution in [3.8, 4) is 5.75 Å². The molecule has 2 aliphatic rings. The standard InChI is InChI=1S/C18H25NO2/c1-13-7-8-17-15(11-13)16(9-10-21-17)19-18(20)12-14-5-3-2-4-6-14/h7-8,11,14,16H,2-6,9-10,12H2,1H3,(H,19,20). The van der Waals surface area contributed by atoms with Crippen LogP contribution >= 0.6 is 0 Å². The number of hydrogen-bond acceptors (Lipinski definition) is 2. The van der Waals surface area contributed by atoms with Gasteiger partial charge >= 0.3 is 0 Å². The predicted octanol–water partition coefficient (Wildman–Crippen LogP) is 3.91. The zero-order valence-electron chi connectivity index (χ0n) is 12.9. The van der Waals surface area contributed by atoms with Crippen molar-refractivity contribution < 1.29 is 9.53 Å². The van der Waals surface area contributed by atoms with Crippen molar-refractivity contribution in [2.45, 2.75) is 57.9 Å². The summed E-state index contributed by atoms with van der Waals surface area (Å²) >= 11 is 0. The summed E-state index contributed by atoms with van der Waals surface area (Å²) in [5, 5.41) is 3.23. The average Bonchev–Trinajstić information content (AvgIpc) is 2.49. The molecule has 0 spiro atoms. The molecule has 1 aromatic carbocycles. The molecular formula is C18H25NO2. The maximum atomic E-state index is 12.3. The minimum Gasteiger partial charge on any atom is -0.493 e. The quantitative estimate of drug-likeness (QED) is 0.915. The van der Waals surface area contributed by atoms with Gasteiger partial charge in [-0.05, 0) is 31.7 Å². The Hall–Kier alpha value is -1.51. The van der Waals surface area contributed by atoms with E-state index in [9.17, 15) is 4.79 Å². The number of nitrogens with one attached hydrogen (secondary N) is 1. The highest BCUT2D eigenvalue weighted by molar-refractivity contribution is 5.77. The maximum absolute atomic E-state index is 12.3. The van der Waals surface area contributed by atoms with Crippen LogP contribution in [0.15, 0.2) is 18.2 Å². The summed E-state index contributed by atoms with van der Waals surface area (Å²) in [4.78, 5) is 12.3. The average molecular weight is 287 g/mol. The molecule has 3 heteroatoms. The zero-order valence-corrected chi connectivity index (χ0v) is 12.9. The molecule has 1 unspecified atom stereocenters. The van der Waals surface area contributed by atoms with E-state index in [1.54, 1.807) is 0 Å². The second-order valence-electron chi connectivity index (χ2n) is 6.51. The van der Waals surface area contributed by atoms with Crippen molar-refractivity contribution >= 4 is 5.91 Å². The van der Waals surface area contributed by atoms with Gasteiger partial charge in [0, 0.05) is 18.4 Å². The van der Waals surface area contributed by atoms with Crippen LogP contribution in [0.1, 0.15) is 62.1 Å². The van der Waals surface area contributed by atoms with Crippen molar-refractivity contribution in [3.63, 3.8) is 0 Å². The van der Waals surface area contributed by atoms with Crippen LogP contribution in [0.5, 0.6) is 5.75 Å². The molecular weight excluding hydrogens is 262 g/mol. The Balaban J connectivity index is 1.63. The molecule has 1 aliphatic heterocycles. The highest BCUT2D eigenvalue weighted by Gasteiger charge is 2.24. The van der Waals surface area contributed by atoms with Crippen molar-refractivity contribution in [1.82, 2.24) is 5.32 Å². The Morgan fingerprint density at radius 2 is 2.05 bits per heavy atom. The van der Waals surface area contributed by atoms with Gasteiger partial charge in [0.1, 0.15) is 5.75 Å². The Morgan fingerprint density at radius 1 is 1.24 bits per heavy atom. The van der Waals surface area contributed by atoms with Gasteiger partial charge in [0.15, 0.2) is 0 Å². The molecule has 1 heterocycles. The van der Waals surface area contributed by atoms with Crippen LogP contribution in [-0.2, 0) is 4.79 Å². The van der Waals surface area contributed by atoms with Crippen LogP contribution < -0.4 is 10.1 Å². The van der Waals surface area contributed by atoms with E-state index in [1.807, 2.05) is 6.07 Å². The van der Waals surface area contributed by atoms with E-state index >= 15 is 0 Å².